The molecule has 0 radical (unpaired) electrons. The van der Waals surface area contributed by atoms with E-state index in [4.69, 9.17) is 6.42 Å². The highest BCUT2D eigenvalue weighted by atomic mass is 32.2. The lowest BCUT2D eigenvalue weighted by molar-refractivity contribution is 0.291. The van der Waals surface area contributed by atoms with Crippen molar-refractivity contribution in [2.45, 2.75) is 17.9 Å². The molecule has 0 aliphatic carbocycles. The van der Waals surface area contributed by atoms with Crippen LogP contribution in [-0.4, -0.2) is 27.0 Å². The second-order valence-electron chi connectivity index (χ2n) is 5.69. The summed E-state index contributed by atoms with van der Waals surface area (Å²) in [6.07, 6.45) is 5.63. The minimum absolute atomic E-state index is 0.224. The van der Waals surface area contributed by atoms with E-state index < -0.39 is 10.0 Å². The molecule has 118 valence electrons. The number of nitrogens with zero attached hydrogens (tertiary/aromatic N) is 2. The number of terminal acetylenes is 1. The Bertz CT molecular complexity index is 867. The predicted octanol–water partition coefficient (Wildman–Crippen LogP) is 2.77. The van der Waals surface area contributed by atoms with Crippen LogP contribution in [0.25, 0.3) is 0 Å². The highest BCUT2D eigenvalue weighted by molar-refractivity contribution is 7.92. The van der Waals surface area contributed by atoms with Gasteiger partial charge >= 0.3 is 0 Å². The number of rotatable bonds is 2. The molecule has 0 saturated heterocycles. The molecule has 23 heavy (non-hydrogen) atoms. The predicted molar refractivity (Wildman–Crippen MR) is 91.5 cm³/mol. The van der Waals surface area contributed by atoms with Crippen LogP contribution in [0.5, 0.6) is 0 Å². The zero-order chi connectivity index (χ0) is 16.6. The second kappa shape index (κ2) is 5.73. The van der Waals surface area contributed by atoms with Crippen LogP contribution in [0, 0.1) is 19.3 Å². The van der Waals surface area contributed by atoms with Gasteiger partial charge in [-0.2, -0.15) is 0 Å². The first-order chi connectivity index (χ1) is 10.9. The highest BCUT2D eigenvalue weighted by Crippen LogP contribution is 2.37. The van der Waals surface area contributed by atoms with Crippen molar-refractivity contribution in [1.29, 1.82) is 0 Å². The number of aryl methyl sites for hydroxylation is 1. The van der Waals surface area contributed by atoms with Crippen molar-refractivity contribution < 1.29 is 8.42 Å². The molecule has 5 heteroatoms. The monoisotopic (exact) mass is 326 g/mol. The average molecular weight is 326 g/mol. The summed E-state index contributed by atoms with van der Waals surface area (Å²) in [7, 11) is -1.80. The van der Waals surface area contributed by atoms with Gasteiger partial charge in [-0.15, -0.1) is 6.42 Å². The second-order valence-corrected chi connectivity index (χ2v) is 7.56. The lowest BCUT2D eigenvalue weighted by Crippen LogP contribution is -2.45. The maximum atomic E-state index is 13.0. The Kier molecular flexibility index (Phi) is 3.88. The minimum atomic E-state index is -3.63. The maximum absolute atomic E-state index is 13.0. The molecule has 1 aliphatic heterocycles. The van der Waals surface area contributed by atoms with E-state index in [1.807, 2.05) is 37.1 Å². The topological polar surface area (TPSA) is 40.6 Å². The Morgan fingerprint density at radius 2 is 1.78 bits per heavy atom. The molecule has 0 unspecified atom stereocenters. The van der Waals surface area contributed by atoms with Crippen LogP contribution in [0.4, 0.5) is 5.69 Å². The summed E-state index contributed by atoms with van der Waals surface area (Å²) in [5, 5.41) is 0. The Balaban J connectivity index is 2.13. The van der Waals surface area contributed by atoms with Crippen molar-refractivity contribution in [3.05, 3.63) is 59.7 Å². The van der Waals surface area contributed by atoms with E-state index in [1.165, 1.54) is 4.31 Å². The zero-order valence-corrected chi connectivity index (χ0v) is 13.9. The molecule has 0 aromatic heterocycles. The molecule has 2 aromatic carbocycles. The zero-order valence-electron chi connectivity index (χ0n) is 13.1. The van der Waals surface area contributed by atoms with Gasteiger partial charge in [0.15, 0.2) is 0 Å². The molecule has 1 aliphatic rings. The molecule has 0 amide bonds. The third-order valence-corrected chi connectivity index (χ3v) is 5.82. The molecule has 3 rings (SSSR count). The van der Waals surface area contributed by atoms with Gasteiger partial charge in [-0.25, -0.2) is 8.42 Å². The van der Waals surface area contributed by atoms with Gasteiger partial charge in [0.2, 0.25) is 0 Å². The van der Waals surface area contributed by atoms with E-state index >= 15 is 0 Å². The molecule has 1 atom stereocenters. The van der Waals surface area contributed by atoms with E-state index in [9.17, 15) is 8.42 Å². The fourth-order valence-corrected chi connectivity index (χ4v) is 4.30. The van der Waals surface area contributed by atoms with Crippen LogP contribution in [-0.2, 0) is 10.0 Å². The first kappa shape index (κ1) is 15.6. The van der Waals surface area contributed by atoms with Gasteiger partial charge in [0.25, 0.3) is 10.0 Å². The molecule has 1 heterocycles. The fraction of sp³-hybridized carbons (Fsp3) is 0.222. The molecule has 4 nitrogen and oxygen atoms in total. The molecule has 0 fully saturated rings. The number of benzene rings is 2. The highest BCUT2D eigenvalue weighted by Gasteiger charge is 2.34. The number of sulfonamides is 1. The lowest BCUT2D eigenvalue weighted by atomic mass is 10.0. The summed E-state index contributed by atoms with van der Waals surface area (Å²) in [6.45, 7) is 2.15. The molecule has 0 saturated carbocycles. The summed E-state index contributed by atoms with van der Waals surface area (Å²) < 4.78 is 27.5. The average Bonchev–Trinajstić information content (AvgIpc) is 2.54. The number of anilines is 1. The summed E-state index contributed by atoms with van der Waals surface area (Å²) in [5.41, 5.74) is 2.50. The van der Waals surface area contributed by atoms with Crippen LogP contribution >= 0.6 is 0 Å². The molecular weight excluding hydrogens is 308 g/mol. The number of hydrogen-bond donors (Lipinski definition) is 0. The van der Waals surface area contributed by atoms with Gasteiger partial charge in [0.1, 0.15) is 0 Å². The first-order valence-electron chi connectivity index (χ1n) is 7.30. The molecule has 0 spiro atoms. The van der Waals surface area contributed by atoms with E-state index in [-0.39, 0.29) is 17.6 Å². The van der Waals surface area contributed by atoms with Gasteiger partial charge < -0.3 is 0 Å². The third kappa shape index (κ3) is 2.61. The van der Waals surface area contributed by atoms with Gasteiger partial charge in [-0.05, 0) is 32.2 Å². The van der Waals surface area contributed by atoms with E-state index in [2.05, 4.69) is 5.92 Å². The quantitative estimate of drug-likeness (QED) is 0.797. The summed E-state index contributed by atoms with van der Waals surface area (Å²) in [5.74, 6) is 2.73. The van der Waals surface area contributed by atoms with Crippen molar-refractivity contribution >= 4 is 15.7 Å². The van der Waals surface area contributed by atoms with Crippen LogP contribution in [0.1, 0.15) is 17.2 Å². The maximum Gasteiger partial charge on any atom is 0.265 e. The third-order valence-electron chi connectivity index (χ3n) is 4.06. The molecule has 2 aromatic rings. The summed E-state index contributed by atoms with van der Waals surface area (Å²) >= 11 is 0. The Morgan fingerprint density at radius 1 is 1.13 bits per heavy atom. The molecular formula is C18H18N2O2S. The van der Waals surface area contributed by atoms with Crippen molar-refractivity contribution in [2.75, 3.05) is 18.0 Å². The van der Waals surface area contributed by atoms with E-state index in [0.29, 0.717) is 5.69 Å². The summed E-state index contributed by atoms with van der Waals surface area (Å²) in [4.78, 5) is 2.14. The van der Waals surface area contributed by atoms with Crippen molar-refractivity contribution in [2.24, 2.45) is 0 Å². The van der Waals surface area contributed by atoms with Gasteiger partial charge in [-0.1, -0.05) is 41.8 Å². The van der Waals surface area contributed by atoms with Crippen molar-refractivity contribution in [3.8, 4) is 12.3 Å². The standard InChI is InChI=1S/C18H18N2O2S/c1-4-17-16-7-5-6-8-18(16)20(13-19(17)3)23(21,22)15-11-9-14(2)10-12-15/h1,5-12,17H,13H2,2-3H3/t17-/m0/s1. The fourth-order valence-electron chi connectivity index (χ4n) is 2.80. The van der Waals surface area contributed by atoms with E-state index in [0.717, 1.165) is 11.1 Å². The largest absolute Gasteiger partial charge is 0.270 e. The normalized spacial score (nSPS) is 18.3. The smallest absolute Gasteiger partial charge is 0.265 e. The number of para-hydroxylation sites is 1. The van der Waals surface area contributed by atoms with Gasteiger partial charge in [0, 0.05) is 5.56 Å². The Morgan fingerprint density at radius 3 is 2.43 bits per heavy atom. The first-order valence-corrected chi connectivity index (χ1v) is 8.74. The van der Waals surface area contributed by atoms with Crippen molar-refractivity contribution in [1.82, 2.24) is 4.90 Å². The van der Waals surface area contributed by atoms with Crippen LogP contribution < -0.4 is 4.31 Å². The molecule has 0 N–H and O–H groups in total. The SMILES string of the molecule is C#C[C@H]1c2ccccc2N(S(=O)(=O)c2ccc(C)cc2)CN1C. The Hall–Kier alpha value is -2.29. The summed E-state index contributed by atoms with van der Waals surface area (Å²) in [6, 6.07) is 14.0. The van der Waals surface area contributed by atoms with Crippen molar-refractivity contribution in [3.63, 3.8) is 0 Å². The van der Waals surface area contributed by atoms with Crippen LogP contribution in [0.3, 0.4) is 0 Å². The number of fused-ring (bicyclic) bond motifs is 1. The van der Waals surface area contributed by atoms with Crippen LogP contribution in [0.15, 0.2) is 53.4 Å². The molecule has 0 bridgehead atoms. The van der Waals surface area contributed by atoms with E-state index in [1.54, 1.807) is 30.3 Å². The Labute approximate surface area is 137 Å². The van der Waals surface area contributed by atoms with Crippen LogP contribution in [0.2, 0.25) is 0 Å². The van der Waals surface area contributed by atoms with Gasteiger partial charge in [-0.3, -0.25) is 9.21 Å². The minimum Gasteiger partial charge on any atom is -0.270 e. The van der Waals surface area contributed by atoms with Gasteiger partial charge in [0.05, 0.1) is 23.3 Å². The number of hydrogen-bond acceptors (Lipinski definition) is 3. The lowest BCUT2D eigenvalue weighted by Gasteiger charge is -2.39.